The smallest absolute Gasteiger partial charge is 0.405 e. The number of hydrogen-bond donors (Lipinski definition) is 2. The van der Waals surface area contributed by atoms with Crippen molar-refractivity contribution in [2.24, 2.45) is 0 Å². The SMILES string of the molecule is CSc1ncccc1C(=O)OCC(=O)NC(=O)NCC(F)(F)F. The minimum absolute atomic E-state index is 0.134. The van der Waals surface area contributed by atoms with Crippen LogP contribution in [0.5, 0.6) is 0 Å². The highest BCUT2D eigenvalue weighted by Gasteiger charge is 2.28. The fourth-order valence-corrected chi connectivity index (χ4v) is 1.84. The van der Waals surface area contributed by atoms with Gasteiger partial charge in [0, 0.05) is 6.20 Å². The van der Waals surface area contributed by atoms with Crippen molar-refractivity contribution in [3.63, 3.8) is 0 Å². The molecule has 0 aliphatic rings. The molecule has 0 radical (unpaired) electrons. The first kappa shape index (κ1) is 18.7. The number of ether oxygens (including phenoxy) is 1. The number of carbonyl (C=O) groups excluding carboxylic acids is 3. The number of carbonyl (C=O) groups is 3. The van der Waals surface area contributed by atoms with E-state index < -0.39 is 37.2 Å². The highest BCUT2D eigenvalue weighted by molar-refractivity contribution is 7.98. The lowest BCUT2D eigenvalue weighted by molar-refractivity contribution is -0.125. The molecule has 1 rings (SSSR count). The molecule has 0 saturated heterocycles. The van der Waals surface area contributed by atoms with Gasteiger partial charge in [-0.2, -0.15) is 13.2 Å². The van der Waals surface area contributed by atoms with E-state index in [2.05, 4.69) is 9.72 Å². The Bertz CT molecular complexity index is 595. The van der Waals surface area contributed by atoms with E-state index in [4.69, 9.17) is 0 Å². The lowest BCUT2D eigenvalue weighted by Gasteiger charge is -2.09. The molecule has 1 aromatic rings. The number of urea groups is 1. The van der Waals surface area contributed by atoms with E-state index >= 15 is 0 Å². The van der Waals surface area contributed by atoms with Gasteiger partial charge in [-0.05, 0) is 18.4 Å². The third kappa shape index (κ3) is 7.00. The van der Waals surface area contributed by atoms with Gasteiger partial charge in [-0.1, -0.05) is 0 Å². The number of thioether (sulfide) groups is 1. The van der Waals surface area contributed by atoms with Gasteiger partial charge in [0.1, 0.15) is 11.6 Å². The molecule has 0 fully saturated rings. The first-order valence-corrected chi connectivity index (χ1v) is 7.26. The summed E-state index contributed by atoms with van der Waals surface area (Å²) in [5, 5.41) is 3.43. The summed E-state index contributed by atoms with van der Waals surface area (Å²) in [6.45, 7) is -2.40. The molecule has 0 spiro atoms. The Balaban J connectivity index is 2.44. The molecule has 1 aromatic heterocycles. The van der Waals surface area contributed by atoms with Crippen molar-refractivity contribution in [3.8, 4) is 0 Å². The van der Waals surface area contributed by atoms with Gasteiger partial charge in [-0.15, -0.1) is 11.8 Å². The van der Waals surface area contributed by atoms with E-state index in [1.807, 2.05) is 0 Å². The Kier molecular flexibility index (Phi) is 6.82. The minimum Gasteiger partial charge on any atom is -0.452 e. The number of hydrogen-bond acceptors (Lipinski definition) is 6. The molecule has 7 nitrogen and oxygen atoms in total. The predicted molar refractivity (Wildman–Crippen MR) is 73.9 cm³/mol. The van der Waals surface area contributed by atoms with Crippen molar-refractivity contribution in [2.45, 2.75) is 11.2 Å². The van der Waals surface area contributed by atoms with Gasteiger partial charge in [0.15, 0.2) is 6.61 Å². The number of nitrogens with zero attached hydrogens (tertiary/aromatic N) is 1. The largest absolute Gasteiger partial charge is 0.452 e. The summed E-state index contributed by atoms with van der Waals surface area (Å²) >= 11 is 1.19. The Hall–Kier alpha value is -2.30. The highest BCUT2D eigenvalue weighted by atomic mass is 32.2. The zero-order valence-corrected chi connectivity index (χ0v) is 12.6. The minimum atomic E-state index is -4.60. The molecule has 0 aromatic carbocycles. The third-order valence-electron chi connectivity index (χ3n) is 2.22. The summed E-state index contributed by atoms with van der Waals surface area (Å²) in [4.78, 5) is 38.0. The zero-order valence-electron chi connectivity index (χ0n) is 11.8. The normalized spacial score (nSPS) is 10.8. The van der Waals surface area contributed by atoms with E-state index in [0.717, 1.165) is 0 Å². The Labute approximate surface area is 133 Å². The van der Waals surface area contributed by atoms with Crippen LogP contribution in [0.1, 0.15) is 10.4 Å². The molecule has 0 atom stereocenters. The van der Waals surface area contributed by atoms with Gasteiger partial charge in [-0.25, -0.2) is 14.6 Å². The van der Waals surface area contributed by atoms with E-state index in [1.54, 1.807) is 11.6 Å². The van der Waals surface area contributed by atoms with Crippen LogP contribution in [0.3, 0.4) is 0 Å². The maximum Gasteiger partial charge on any atom is 0.405 e. The van der Waals surface area contributed by atoms with Crippen LogP contribution in [0.25, 0.3) is 0 Å². The number of imide groups is 1. The summed E-state index contributed by atoms with van der Waals surface area (Å²) < 4.78 is 40.3. The summed E-state index contributed by atoms with van der Waals surface area (Å²) in [5.41, 5.74) is 0.134. The molecule has 3 amide bonds. The van der Waals surface area contributed by atoms with Crippen molar-refractivity contribution in [1.82, 2.24) is 15.6 Å². The van der Waals surface area contributed by atoms with Crippen molar-refractivity contribution < 1.29 is 32.3 Å². The number of esters is 1. The van der Waals surface area contributed by atoms with Crippen LogP contribution in [-0.2, 0) is 9.53 Å². The molecule has 0 unspecified atom stereocenters. The van der Waals surface area contributed by atoms with Crippen molar-refractivity contribution in [1.29, 1.82) is 0 Å². The average molecular weight is 351 g/mol. The average Bonchev–Trinajstić information content (AvgIpc) is 2.50. The molecule has 0 aliphatic heterocycles. The second-order valence-corrected chi connectivity index (χ2v) is 4.78. The van der Waals surface area contributed by atoms with Gasteiger partial charge < -0.3 is 10.1 Å². The summed E-state index contributed by atoms with van der Waals surface area (Å²) in [7, 11) is 0. The quantitative estimate of drug-likeness (QED) is 0.614. The first-order chi connectivity index (χ1) is 10.7. The third-order valence-corrected chi connectivity index (χ3v) is 2.93. The molecular formula is C12H12F3N3O4S. The van der Waals surface area contributed by atoms with Gasteiger partial charge in [0.25, 0.3) is 5.91 Å². The number of amides is 3. The van der Waals surface area contributed by atoms with Crippen LogP contribution in [0.2, 0.25) is 0 Å². The van der Waals surface area contributed by atoms with E-state index in [9.17, 15) is 27.6 Å². The standard InChI is InChI=1S/C12H12F3N3O4S/c1-23-9-7(3-2-4-16-9)10(20)22-5-8(19)18-11(21)17-6-12(13,14)15/h2-4H,5-6H2,1H3,(H2,17,18,19,21). The van der Waals surface area contributed by atoms with Gasteiger partial charge in [0.05, 0.1) is 5.56 Å². The number of rotatable bonds is 5. The van der Waals surface area contributed by atoms with Crippen molar-refractivity contribution in [2.75, 3.05) is 19.4 Å². The van der Waals surface area contributed by atoms with E-state index in [0.29, 0.717) is 5.03 Å². The molecule has 126 valence electrons. The lowest BCUT2D eigenvalue weighted by atomic mass is 10.3. The molecule has 0 bridgehead atoms. The van der Waals surface area contributed by atoms with Gasteiger partial charge >= 0.3 is 18.2 Å². The summed E-state index contributed by atoms with van der Waals surface area (Å²) in [6, 6.07) is 1.60. The van der Waals surface area contributed by atoms with Crippen LogP contribution in [0.4, 0.5) is 18.0 Å². The molecule has 0 aliphatic carbocycles. The van der Waals surface area contributed by atoms with Crippen molar-refractivity contribution in [3.05, 3.63) is 23.9 Å². The van der Waals surface area contributed by atoms with Crippen LogP contribution >= 0.6 is 11.8 Å². The summed E-state index contributed by atoms with van der Waals surface area (Å²) in [6.07, 6.45) is -1.43. The maximum atomic E-state index is 11.9. The molecule has 2 N–H and O–H groups in total. The molecular weight excluding hydrogens is 339 g/mol. The van der Waals surface area contributed by atoms with E-state index in [1.165, 1.54) is 35.4 Å². The number of aromatic nitrogens is 1. The highest BCUT2D eigenvalue weighted by Crippen LogP contribution is 2.17. The summed E-state index contributed by atoms with van der Waals surface area (Å²) in [5.74, 6) is -1.90. The fourth-order valence-electron chi connectivity index (χ4n) is 1.31. The monoisotopic (exact) mass is 351 g/mol. The molecule has 1 heterocycles. The van der Waals surface area contributed by atoms with Crippen LogP contribution in [0, 0.1) is 0 Å². The number of nitrogens with one attached hydrogen (secondary N) is 2. The number of pyridine rings is 1. The zero-order chi connectivity index (χ0) is 17.5. The first-order valence-electron chi connectivity index (χ1n) is 6.03. The topological polar surface area (TPSA) is 97.4 Å². The molecule has 23 heavy (non-hydrogen) atoms. The fraction of sp³-hybridized carbons (Fsp3) is 0.333. The number of halogens is 3. The predicted octanol–water partition coefficient (Wildman–Crippen LogP) is 1.35. The van der Waals surface area contributed by atoms with Gasteiger partial charge in [-0.3, -0.25) is 10.1 Å². The second kappa shape index (κ2) is 8.36. The Morgan fingerprint density at radius 3 is 2.65 bits per heavy atom. The van der Waals surface area contributed by atoms with Crippen molar-refractivity contribution >= 4 is 29.7 Å². The van der Waals surface area contributed by atoms with E-state index in [-0.39, 0.29) is 5.56 Å². The lowest BCUT2D eigenvalue weighted by Crippen LogP contribution is -2.44. The maximum absolute atomic E-state index is 11.9. The van der Waals surface area contributed by atoms with Crippen LogP contribution in [0.15, 0.2) is 23.4 Å². The van der Waals surface area contributed by atoms with Gasteiger partial charge in [0.2, 0.25) is 0 Å². The number of alkyl halides is 3. The molecule has 0 saturated carbocycles. The van der Waals surface area contributed by atoms with Crippen LogP contribution in [-0.4, -0.2) is 48.5 Å². The van der Waals surface area contributed by atoms with Crippen LogP contribution < -0.4 is 10.6 Å². The Morgan fingerprint density at radius 1 is 1.35 bits per heavy atom. The second-order valence-electron chi connectivity index (χ2n) is 3.98. The Morgan fingerprint density at radius 2 is 2.04 bits per heavy atom. The molecule has 11 heteroatoms.